The molecule has 0 N–H and O–H groups in total. The first-order valence-electron chi connectivity index (χ1n) is 3.12. The van der Waals surface area contributed by atoms with Gasteiger partial charge in [-0.3, -0.25) is 4.79 Å². The molecule has 1 aliphatic rings. The average Bonchev–Trinajstić information content (AvgIpc) is 2.12. The lowest BCUT2D eigenvalue weighted by Gasteiger charge is -1.94. The van der Waals surface area contributed by atoms with Crippen LogP contribution in [0.15, 0.2) is 35.5 Å². The largest absolute Gasteiger partial charge is 0.298 e. The fourth-order valence-corrected chi connectivity index (χ4v) is 0.774. The van der Waals surface area contributed by atoms with Crippen LogP contribution < -0.4 is 0 Å². The Morgan fingerprint density at radius 2 is 2.18 bits per heavy atom. The molecular weight excluding hydrogens is 150 g/mol. The monoisotopic (exact) mass is 156 g/mol. The summed E-state index contributed by atoms with van der Waals surface area (Å²) in [6.07, 6.45) is 4.07. The zero-order chi connectivity index (χ0) is 8.27. The van der Waals surface area contributed by atoms with Crippen LogP contribution in [0.5, 0.6) is 0 Å². The van der Waals surface area contributed by atoms with E-state index in [9.17, 15) is 13.6 Å². The second kappa shape index (κ2) is 3.23. The van der Waals surface area contributed by atoms with Gasteiger partial charge in [0.25, 0.3) is 0 Å². The lowest BCUT2D eigenvalue weighted by atomic mass is 10.2. The van der Waals surface area contributed by atoms with Crippen molar-refractivity contribution in [2.45, 2.75) is 6.42 Å². The first-order valence-corrected chi connectivity index (χ1v) is 3.12. The molecule has 0 fully saturated rings. The third kappa shape index (κ3) is 1.61. The van der Waals surface area contributed by atoms with Crippen molar-refractivity contribution in [2.75, 3.05) is 0 Å². The molecule has 0 atom stereocenters. The van der Waals surface area contributed by atoms with Crippen LogP contribution in [0.2, 0.25) is 0 Å². The van der Waals surface area contributed by atoms with E-state index in [2.05, 4.69) is 0 Å². The maximum absolute atomic E-state index is 12.7. The van der Waals surface area contributed by atoms with Crippen molar-refractivity contribution in [1.82, 2.24) is 0 Å². The van der Waals surface area contributed by atoms with Gasteiger partial charge in [-0.05, 0) is 6.08 Å². The molecule has 0 aromatic carbocycles. The molecule has 0 saturated heterocycles. The van der Waals surface area contributed by atoms with Crippen molar-refractivity contribution in [2.24, 2.45) is 0 Å². The van der Waals surface area contributed by atoms with Gasteiger partial charge in [0.2, 0.25) is 0 Å². The number of halogens is 2. The molecule has 0 aromatic heterocycles. The van der Waals surface area contributed by atoms with Gasteiger partial charge >= 0.3 is 0 Å². The van der Waals surface area contributed by atoms with Crippen LogP contribution >= 0.6 is 0 Å². The third-order valence-electron chi connectivity index (χ3n) is 1.34. The third-order valence-corrected chi connectivity index (χ3v) is 1.34. The molecule has 0 radical (unpaired) electrons. The van der Waals surface area contributed by atoms with E-state index in [1.807, 2.05) is 0 Å². The molecule has 0 aromatic rings. The minimum absolute atomic E-state index is 0.0159. The van der Waals surface area contributed by atoms with Gasteiger partial charge in [-0.2, -0.15) is 0 Å². The summed E-state index contributed by atoms with van der Waals surface area (Å²) in [4.78, 5) is 10.1. The normalized spacial score (nSPS) is 17.8. The van der Waals surface area contributed by atoms with Crippen LogP contribution in [0.4, 0.5) is 8.78 Å². The summed E-state index contributed by atoms with van der Waals surface area (Å²) in [5.74, 6) is -1.53. The Kier molecular flexibility index (Phi) is 2.31. The van der Waals surface area contributed by atoms with E-state index < -0.39 is 17.2 Å². The molecule has 0 aliphatic heterocycles. The molecule has 1 nitrogen and oxygen atoms in total. The molecule has 1 rings (SSSR count). The van der Waals surface area contributed by atoms with Crippen LogP contribution in [-0.2, 0) is 4.79 Å². The standard InChI is InChI=1S/C8H6F2O/c9-7-3-1-2-4-8(10)6(7)5-11/h1-3,5H,4H2. The predicted octanol–water partition coefficient (Wildman–Crippen LogP) is 2.22. The Hall–Kier alpha value is -1.25. The maximum Gasteiger partial charge on any atom is 0.155 e. The minimum Gasteiger partial charge on any atom is -0.298 e. The fraction of sp³-hybridized carbons (Fsp3) is 0.125. The highest BCUT2D eigenvalue weighted by atomic mass is 19.1. The first-order chi connectivity index (χ1) is 5.25. The second-order valence-corrected chi connectivity index (χ2v) is 2.08. The van der Waals surface area contributed by atoms with E-state index in [1.165, 1.54) is 12.2 Å². The maximum atomic E-state index is 12.7. The van der Waals surface area contributed by atoms with Gasteiger partial charge in [0, 0.05) is 6.42 Å². The van der Waals surface area contributed by atoms with Gasteiger partial charge in [0.05, 0.1) is 5.57 Å². The van der Waals surface area contributed by atoms with Crippen molar-refractivity contribution < 1.29 is 13.6 Å². The SMILES string of the molecule is O=CC1=C(F)CC=CC=C1F. The van der Waals surface area contributed by atoms with Gasteiger partial charge in [0.1, 0.15) is 11.7 Å². The molecule has 0 saturated carbocycles. The van der Waals surface area contributed by atoms with E-state index in [-0.39, 0.29) is 12.7 Å². The highest BCUT2D eigenvalue weighted by molar-refractivity contribution is 5.80. The summed E-state index contributed by atoms with van der Waals surface area (Å²) in [6.45, 7) is 0. The smallest absolute Gasteiger partial charge is 0.155 e. The van der Waals surface area contributed by atoms with Crippen molar-refractivity contribution in [1.29, 1.82) is 0 Å². The number of hydrogen-bond donors (Lipinski definition) is 0. The molecule has 0 unspecified atom stereocenters. The van der Waals surface area contributed by atoms with Crippen LogP contribution in [0.1, 0.15) is 6.42 Å². The average molecular weight is 156 g/mol. The molecule has 0 spiro atoms. The lowest BCUT2D eigenvalue weighted by Crippen LogP contribution is -1.88. The highest BCUT2D eigenvalue weighted by Crippen LogP contribution is 2.21. The number of rotatable bonds is 1. The van der Waals surface area contributed by atoms with Gasteiger partial charge in [-0.1, -0.05) is 12.2 Å². The molecule has 0 amide bonds. The van der Waals surface area contributed by atoms with Gasteiger partial charge in [-0.25, -0.2) is 8.78 Å². The van der Waals surface area contributed by atoms with E-state index in [0.717, 1.165) is 6.08 Å². The molecule has 3 heteroatoms. The predicted molar refractivity (Wildman–Crippen MR) is 37.1 cm³/mol. The van der Waals surface area contributed by atoms with Crippen molar-refractivity contribution in [3.8, 4) is 0 Å². The summed E-state index contributed by atoms with van der Waals surface area (Å²) < 4.78 is 25.3. The van der Waals surface area contributed by atoms with Crippen LogP contribution in [0.25, 0.3) is 0 Å². The van der Waals surface area contributed by atoms with Crippen LogP contribution in [-0.4, -0.2) is 6.29 Å². The van der Waals surface area contributed by atoms with Crippen molar-refractivity contribution in [3.05, 3.63) is 35.5 Å². The highest BCUT2D eigenvalue weighted by Gasteiger charge is 2.10. The lowest BCUT2D eigenvalue weighted by molar-refractivity contribution is -0.104. The first kappa shape index (κ1) is 7.85. The molecule has 11 heavy (non-hydrogen) atoms. The summed E-state index contributed by atoms with van der Waals surface area (Å²) in [6, 6.07) is 0. The zero-order valence-corrected chi connectivity index (χ0v) is 5.68. The van der Waals surface area contributed by atoms with E-state index >= 15 is 0 Å². The summed E-state index contributed by atoms with van der Waals surface area (Å²) in [7, 11) is 0. The fourth-order valence-electron chi connectivity index (χ4n) is 0.774. The Morgan fingerprint density at radius 1 is 1.45 bits per heavy atom. The molecule has 58 valence electrons. The minimum atomic E-state index is -0.814. The number of aldehydes is 1. The molecule has 0 bridgehead atoms. The Balaban J connectivity index is 3.08. The van der Waals surface area contributed by atoms with Crippen LogP contribution in [0, 0.1) is 0 Å². The topological polar surface area (TPSA) is 17.1 Å². The molecule has 1 aliphatic carbocycles. The number of carbonyl (C=O) groups excluding carboxylic acids is 1. The van der Waals surface area contributed by atoms with E-state index in [4.69, 9.17) is 0 Å². The van der Waals surface area contributed by atoms with Crippen LogP contribution in [0.3, 0.4) is 0 Å². The van der Waals surface area contributed by atoms with Gasteiger partial charge < -0.3 is 0 Å². The summed E-state index contributed by atoms with van der Waals surface area (Å²) in [5.41, 5.74) is -0.477. The number of hydrogen-bond acceptors (Lipinski definition) is 1. The van der Waals surface area contributed by atoms with E-state index in [1.54, 1.807) is 0 Å². The Bertz CT molecular complexity index is 261. The molecular formula is C8H6F2O. The Morgan fingerprint density at radius 3 is 2.82 bits per heavy atom. The molecule has 0 heterocycles. The quantitative estimate of drug-likeness (QED) is 0.532. The Labute approximate surface area is 62.7 Å². The number of allylic oxidation sites excluding steroid dienone is 6. The summed E-state index contributed by atoms with van der Waals surface area (Å²) >= 11 is 0. The summed E-state index contributed by atoms with van der Waals surface area (Å²) in [5, 5.41) is 0. The number of carbonyl (C=O) groups is 1. The zero-order valence-electron chi connectivity index (χ0n) is 5.68. The van der Waals surface area contributed by atoms with Crippen molar-refractivity contribution in [3.63, 3.8) is 0 Å². The van der Waals surface area contributed by atoms with Crippen molar-refractivity contribution >= 4 is 6.29 Å². The van der Waals surface area contributed by atoms with Gasteiger partial charge in [-0.15, -0.1) is 0 Å². The van der Waals surface area contributed by atoms with Gasteiger partial charge in [0.15, 0.2) is 6.29 Å². The second-order valence-electron chi connectivity index (χ2n) is 2.08. The van der Waals surface area contributed by atoms with E-state index in [0.29, 0.717) is 0 Å².